The van der Waals surface area contributed by atoms with Crippen molar-refractivity contribution in [2.45, 2.75) is 31.8 Å². The zero-order chi connectivity index (χ0) is 13.6. The predicted molar refractivity (Wildman–Crippen MR) is 69.9 cm³/mol. The number of nitrogens with zero attached hydrogens (tertiary/aromatic N) is 2. The summed E-state index contributed by atoms with van der Waals surface area (Å²) in [6.07, 6.45) is 0.587. The average molecular weight is 245 g/mol. The molecule has 0 amide bonds. The standard InChI is InChI=1S/C12H27N3O2/c1-10(15(5)8-7-14(3)4)9-12(2,13)11(16)17-6/h10H,7-9,13H2,1-6H3. The van der Waals surface area contributed by atoms with Crippen molar-refractivity contribution in [3.05, 3.63) is 0 Å². The molecular formula is C12H27N3O2. The Bertz CT molecular complexity index is 242. The number of ether oxygens (including phenoxy) is 1. The van der Waals surface area contributed by atoms with Crippen molar-refractivity contribution in [1.29, 1.82) is 0 Å². The van der Waals surface area contributed by atoms with E-state index in [1.807, 2.05) is 21.1 Å². The van der Waals surface area contributed by atoms with Crippen molar-refractivity contribution in [3.63, 3.8) is 0 Å². The summed E-state index contributed by atoms with van der Waals surface area (Å²) >= 11 is 0. The van der Waals surface area contributed by atoms with Crippen molar-refractivity contribution in [3.8, 4) is 0 Å². The molecule has 17 heavy (non-hydrogen) atoms. The summed E-state index contributed by atoms with van der Waals surface area (Å²) in [6.45, 7) is 5.73. The molecular weight excluding hydrogens is 218 g/mol. The smallest absolute Gasteiger partial charge is 0.325 e. The van der Waals surface area contributed by atoms with Gasteiger partial charge in [0, 0.05) is 19.1 Å². The Morgan fingerprint density at radius 3 is 2.29 bits per heavy atom. The number of rotatable bonds is 7. The van der Waals surface area contributed by atoms with Gasteiger partial charge < -0.3 is 20.3 Å². The van der Waals surface area contributed by atoms with E-state index in [4.69, 9.17) is 10.5 Å². The predicted octanol–water partition coefficient (Wildman–Crippen LogP) is 0.149. The van der Waals surface area contributed by atoms with E-state index in [1.165, 1.54) is 7.11 Å². The molecule has 0 aromatic rings. The maximum Gasteiger partial charge on any atom is 0.325 e. The van der Waals surface area contributed by atoms with E-state index in [9.17, 15) is 4.79 Å². The molecule has 0 spiro atoms. The van der Waals surface area contributed by atoms with E-state index in [0.29, 0.717) is 6.42 Å². The fraction of sp³-hybridized carbons (Fsp3) is 0.917. The van der Waals surface area contributed by atoms with Gasteiger partial charge in [0.25, 0.3) is 0 Å². The van der Waals surface area contributed by atoms with Gasteiger partial charge in [-0.05, 0) is 41.4 Å². The first kappa shape index (κ1) is 16.4. The molecule has 5 heteroatoms. The first-order valence-electron chi connectivity index (χ1n) is 5.93. The van der Waals surface area contributed by atoms with Crippen LogP contribution in [0.15, 0.2) is 0 Å². The Hall–Kier alpha value is -0.650. The summed E-state index contributed by atoms with van der Waals surface area (Å²) in [5.41, 5.74) is 5.04. The fourth-order valence-corrected chi connectivity index (χ4v) is 1.66. The highest BCUT2D eigenvalue weighted by Gasteiger charge is 2.32. The minimum absolute atomic E-state index is 0.240. The highest BCUT2D eigenvalue weighted by Crippen LogP contribution is 2.14. The Morgan fingerprint density at radius 2 is 1.88 bits per heavy atom. The average Bonchev–Trinajstić information content (AvgIpc) is 2.23. The summed E-state index contributed by atoms with van der Waals surface area (Å²) in [4.78, 5) is 15.8. The second-order valence-electron chi connectivity index (χ2n) is 5.25. The summed E-state index contributed by atoms with van der Waals surface area (Å²) in [6, 6.07) is 0.240. The number of hydrogen-bond donors (Lipinski definition) is 1. The number of carbonyl (C=O) groups is 1. The van der Waals surface area contributed by atoms with E-state index in [1.54, 1.807) is 6.92 Å². The van der Waals surface area contributed by atoms with Crippen LogP contribution in [-0.4, -0.2) is 68.7 Å². The molecule has 0 radical (unpaired) electrons. The van der Waals surface area contributed by atoms with Crippen LogP contribution in [0.1, 0.15) is 20.3 Å². The molecule has 0 heterocycles. The van der Waals surface area contributed by atoms with Crippen LogP contribution in [0.3, 0.4) is 0 Å². The molecule has 0 aliphatic rings. The van der Waals surface area contributed by atoms with Gasteiger partial charge in [-0.1, -0.05) is 0 Å². The normalized spacial score (nSPS) is 17.0. The van der Waals surface area contributed by atoms with Crippen LogP contribution in [0.5, 0.6) is 0 Å². The van der Waals surface area contributed by atoms with Gasteiger partial charge in [0.2, 0.25) is 0 Å². The summed E-state index contributed by atoms with van der Waals surface area (Å²) in [5, 5.41) is 0. The summed E-state index contributed by atoms with van der Waals surface area (Å²) in [5.74, 6) is -0.356. The Kier molecular flexibility index (Phi) is 6.67. The van der Waals surface area contributed by atoms with Gasteiger partial charge in [-0.2, -0.15) is 0 Å². The zero-order valence-corrected chi connectivity index (χ0v) is 12.0. The maximum atomic E-state index is 11.5. The van der Waals surface area contributed by atoms with Crippen molar-refractivity contribution in [2.75, 3.05) is 41.3 Å². The SMILES string of the molecule is COC(=O)C(C)(N)CC(C)N(C)CCN(C)C. The van der Waals surface area contributed by atoms with Crippen LogP contribution in [0.4, 0.5) is 0 Å². The van der Waals surface area contributed by atoms with Gasteiger partial charge >= 0.3 is 5.97 Å². The third-order valence-electron chi connectivity index (χ3n) is 3.02. The van der Waals surface area contributed by atoms with Crippen LogP contribution < -0.4 is 5.73 Å². The highest BCUT2D eigenvalue weighted by atomic mass is 16.5. The number of nitrogens with two attached hydrogens (primary N) is 1. The molecule has 2 N–H and O–H groups in total. The molecule has 2 atom stereocenters. The molecule has 2 unspecified atom stereocenters. The highest BCUT2D eigenvalue weighted by molar-refractivity contribution is 5.79. The second kappa shape index (κ2) is 6.93. The van der Waals surface area contributed by atoms with Crippen LogP contribution >= 0.6 is 0 Å². The minimum Gasteiger partial charge on any atom is -0.468 e. The number of likely N-dealkylation sites (N-methyl/N-ethyl adjacent to an activating group) is 2. The number of esters is 1. The van der Waals surface area contributed by atoms with Crippen LogP contribution in [0.25, 0.3) is 0 Å². The number of hydrogen-bond acceptors (Lipinski definition) is 5. The van der Waals surface area contributed by atoms with Gasteiger partial charge in [0.1, 0.15) is 5.54 Å². The van der Waals surface area contributed by atoms with E-state index in [2.05, 4.69) is 16.7 Å². The molecule has 5 nitrogen and oxygen atoms in total. The molecule has 0 rings (SSSR count). The fourth-order valence-electron chi connectivity index (χ4n) is 1.66. The third-order valence-corrected chi connectivity index (χ3v) is 3.02. The monoisotopic (exact) mass is 245 g/mol. The molecule has 0 aliphatic heterocycles. The van der Waals surface area contributed by atoms with Gasteiger partial charge in [-0.25, -0.2) is 0 Å². The summed E-state index contributed by atoms with van der Waals surface area (Å²) < 4.78 is 4.70. The lowest BCUT2D eigenvalue weighted by Gasteiger charge is -2.31. The molecule has 0 aromatic carbocycles. The van der Waals surface area contributed by atoms with Crippen LogP contribution in [0, 0.1) is 0 Å². The lowest BCUT2D eigenvalue weighted by molar-refractivity contribution is -0.147. The number of methoxy groups -OCH3 is 1. The van der Waals surface area contributed by atoms with Crippen molar-refractivity contribution >= 4 is 5.97 Å². The van der Waals surface area contributed by atoms with Crippen LogP contribution in [-0.2, 0) is 9.53 Å². The molecule has 0 aromatic heterocycles. The van der Waals surface area contributed by atoms with Gasteiger partial charge in [-0.3, -0.25) is 4.79 Å². The van der Waals surface area contributed by atoms with E-state index >= 15 is 0 Å². The molecule has 102 valence electrons. The van der Waals surface area contributed by atoms with Crippen molar-refractivity contribution < 1.29 is 9.53 Å². The minimum atomic E-state index is -0.916. The third kappa shape index (κ3) is 6.00. The van der Waals surface area contributed by atoms with Gasteiger partial charge in [0.15, 0.2) is 0 Å². The quantitative estimate of drug-likeness (QED) is 0.647. The molecule has 0 fully saturated rings. The Balaban J connectivity index is 4.23. The lowest BCUT2D eigenvalue weighted by Crippen LogP contribution is -2.50. The van der Waals surface area contributed by atoms with E-state index in [-0.39, 0.29) is 12.0 Å². The van der Waals surface area contributed by atoms with Crippen molar-refractivity contribution in [2.24, 2.45) is 5.73 Å². The maximum absolute atomic E-state index is 11.5. The molecule has 0 saturated carbocycles. The van der Waals surface area contributed by atoms with Crippen LogP contribution in [0.2, 0.25) is 0 Å². The zero-order valence-electron chi connectivity index (χ0n) is 12.0. The molecule has 0 bridgehead atoms. The first-order chi connectivity index (χ1) is 7.70. The number of carbonyl (C=O) groups excluding carboxylic acids is 1. The Labute approximate surface area is 105 Å². The molecule has 0 saturated heterocycles. The van der Waals surface area contributed by atoms with Crippen molar-refractivity contribution in [1.82, 2.24) is 9.80 Å². The van der Waals surface area contributed by atoms with Gasteiger partial charge in [-0.15, -0.1) is 0 Å². The molecule has 0 aliphatic carbocycles. The Morgan fingerprint density at radius 1 is 1.35 bits per heavy atom. The largest absolute Gasteiger partial charge is 0.468 e. The topological polar surface area (TPSA) is 58.8 Å². The van der Waals surface area contributed by atoms with Gasteiger partial charge in [0.05, 0.1) is 7.11 Å². The lowest BCUT2D eigenvalue weighted by atomic mass is 9.94. The van der Waals surface area contributed by atoms with E-state index < -0.39 is 5.54 Å². The first-order valence-corrected chi connectivity index (χ1v) is 5.93. The summed E-state index contributed by atoms with van der Waals surface area (Å²) in [7, 11) is 7.50. The second-order valence-corrected chi connectivity index (χ2v) is 5.25. The van der Waals surface area contributed by atoms with E-state index in [0.717, 1.165) is 13.1 Å².